The SMILES string of the molecule is Cc1cccc(OC[C@H](CCOc2ccccc2)NC(=O)Nc2ccccc2Br)c1. The fraction of sp³-hybridized carbons (Fsp3) is 0.208. The average molecular weight is 469 g/mol. The minimum atomic E-state index is -0.292. The molecule has 0 saturated heterocycles. The van der Waals surface area contributed by atoms with Gasteiger partial charge in [0.1, 0.15) is 18.1 Å². The number of rotatable bonds is 9. The van der Waals surface area contributed by atoms with E-state index in [0.717, 1.165) is 21.5 Å². The van der Waals surface area contributed by atoms with Crippen LogP contribution in [0.1, 0.15) is 12.0 Å². The van der Waals surface area contributed by atoms with Gasteiger partial charge in [-0.3, -0.25) is 0 Å². The monoisotopic (exact) mass is 468 g/mol. The van der Waals surface area contributed by atoms with Crippen molar-refractivity contribution in [3.63, 3.8) is 0 Å². The number of hydrogen-bond donors (Lipinski definition) is 2. The molecule has 2 amide bonds. The zero-order valence-electron chi connectivity index (χ0n) is 16.8. The fourth-order valence-electron chi connectivity index (χ4n) is 2.84. The molecule has 0 aliphatic carbocycles. The number of halogens is 1. The van der Waals surface area contributed by atoms with Crippen LogP contribution in [0.2, 0.25) is 0 Å². The van der Waals surface area contributed by atoms with Gasteiger partial charge in [0.25, 0.3) is 0 Å². The van der Waals surface area contributed by atoms with E-state index < -0.39 is 0 Å². The first-order valence-electron chi connectivity index (χ1n) is 9.79. The van der Waals surface area contributed by atoms with E-state index in [1.54, 1.807) is 0 Å². The van der Waals surface area contributed by atoms with Crippen LogP contribution in [0.5, 0.6) is 11.5 Å². The molecule has 6 heteroatoms. The van der Waals surface area contributed by atoms with Crippen LogP contribution >= 0.6 is 15.9 Å². The highest BCUT2D eigenvalue weighted by atomic mass is 79.9. The van der Waals surface area contributed by atoms with Crippen molar-refractivity contribution in [1.29, 1.82) is 0 Å². The summed E-state index contributed by atoms with van der Waals surface area (Å²) in [7, 11) is 0. The molecule has 0 aliphatic rings. The number of ether oxygens (including phenoxy) is 2. The van der Waals surface area contributed by atoms with Gasteiger partial charge in [0.05, 0.1) is 18.3 Å². The molecule has 0 heterocycles. The topological polar surface area (TPSA) is 59.6 Å². The molecule has 0 bridgehead atoms. The van der Waals surface area contributed by atoms with Crippen LogP contribution in [0, 0.1) is 6.92 Å². The molecule has 3 aromatic carbocycles. The van der Waals surface area contributed by atoms with E-state index in [1.165, 1.54) is 0 Å². The summed E-state index contributed by atoms with van der Waals surface area (Å²) in [6, 6.07) is 24.4. The molecule has 1 atom stereocenters. The van der Waals surface area contributed by atoms with Crippen LogP contribution in [-0.2, 0) is 0 Å². The van der Waals surface area contributed by atoms with Crippen molar-refractivity contribution >= 4 is 27.6 Å². The predicted molar refractivity (Wildman–Crippen MR) is 123 cm³/mol. The van der Waals surface area contributed by atoms with Gasteiger partial charge in [0.2, 0.25) is 0 Å². The first-order valence-corrected chi connectivity index (χ1v) is 10.6. The summed E-state index contributed by atoms with van der Waals surface area (Å²) in [5.74, 6) is 1.57. The van der Waals surface area contributed by atoms with Crippen molar-refractivity contribution in [3.8, 4) is 11.5 Å². The highest BCUT2D eigenvalue weighted by molar-refractivity contribution is 9.10. The Morgan fingerprint density at radius 3 is 2.43 bits per heavy atom. The molecule has 30 heavy (non-hydrogen) atoms. The molecule has 3 rings (SSSR count). The Morgan fingerprint density at radius 1 is 0.933 bits per heavy atom. The second-order valence-corrected chi connectivity index (χ2v) is 7.71. The smallest absolute Gasteiger partial charge is 0.319 e. The first kappa shape index (κ1) is 21.7. The van der Waals surface area contributed by atoms with Crippen LogP contribution in [0.15, 0.2) is 83.3 Å². The number of urea groups is 1. The lowest BCUT2D eigenvalue weighted by atomic mass is 10.2. The summed E-state index contributed by atoms with van der Waals surface area (Å²) in [5, 5.41) is 5.85. The lowest BCUT2D eigenvalue weighted by molar-refractivity contribution is 0.214. The summed E-state index contributed by atoms with van der Waals surface area (Å²) in [6.45, 7) is 2.81. The van der Waals surface area contributed by atoms with E-state index in [2.05, 4.69) is 26.6 Å². The molecule has 156 valence electrons. The lowest BCUT2D eigenvalue weighted by Crippen LogP contribution is -2.42. The number of amides is 2. The first-order chi connectivity index (χ1) is 14.6. The number of anilines is 1. The maximum Gasteiger partial charge on any atom is 0.319 e. The largest absolute Gasteiger partial charge is 0.494 e. The third kappa shape index (κ3) is 7.12. The summed E-state index contributed by atoms with van der Waals surface area (Å²) >= 11 is 3.44. The number of hydrogen-bond acceptors (Lipinski definition) is 3. The fourth-order valence-corrected chi connectivity index (χ4v) is 3.23. The summed E-state index contributed by atoms with van der Waals surface area (Å²) in [4.78, 5) is 12.5. The maximum absolute atomic E-state index is 12.5. The quantitative estimate of drug-likeness (QED) is 0.417. The van der Waals surface area contributed by atoms with Gasteiger partial charge in [-0.05, 0) is 64.8 Å². The van der Waals surface area contributed by atoms with Crippen molar-refractivity contribution in [2.75, 3.05) is 18.5 Å². The molecule has 0 aromatic heterocycles. The van der Waals surface area contributed by atoms with E-state index in [1.807, 2.05) is 85.8 Å². The zero-order chi connectivity index (χ0) is 21.2. The van der Waals surface area contributed by atoms with E-state index in [0.29, 0.717) is 25.3 Å². The van der Waals surface area contributed by atoms with Gasteiger partial charge < -0.3 is 20.1 Å². The van der Waals surface area contributed by atoms with E-state index in [4.69, 9.17) is 9.47 Å². The van der Waals surface area contributed by atoms with Gasteiger partial charge in [-0.15, -0.1) is 0 Å². The molecule has 2 N–H and O–H groups in total. The van der Waals surface area contributed by atoms with Gasteiger partial charge in [-0.2, -0.15) is 0 Å². The normalized spacial score (nSPS) is 11.4. The molecule has 3 aromatic rings. The van der Waals surface area contributed by atoms with Crippen LogP contribution in [0.25, 0.3) is 0 Å². The number of para-hydroxylation sites is 2. The minimum Gasteiger partial charge on any atom is -0.494 e. The third-order valence-electron chi connectivity index (χ3n) is 4.38. The molecular weight excluding hydrogens is 444 g/mol. The van der Waals surface area contributed by atoms with Gasteiger partial charge in [-0.1, -0.05) is 42.5 Å². The maximum atomic E-state index is 12.5. The Kier molecular flexibility index (Phi) is 8.15. The Labute approximate surface area is 185 Å². The number of benzene rings is 3. The van der Waals surface area contributed by atoms with E-state index in [-0.39, 0.29) is 12.1 Å². The van der Waals surface area contributed by atoms with Gasteiger partial charge in [0, 0.05) is 10.9 Å². The number of carbonyl (C=O) groups excluding carboxylic acids is 1. The Morgan fingerprint density at radius 2 is 1.67 bits per heavy atom. The van der Waals surface area contributed by atoms with Crippen LogP contribution in [-0.4, -0.2) is 25.3 Å². The lowest BCUT2D eigenvalue weighted by Gasteiger charge is -2.20. The standard InChI is InChI=1S/C24H25BrN2O3/c1-18-8-7-11-21(16-18)30-17-19(14-15-29-20-9-3-2-4-10-20)26-24(28)27-23-13-6-5-12-22(23)25/h2-13,16,19H,14-15,17H2,1H3,(H2,26,27,28)/t19-/m0/s1. The van der Waals surface area contributed by atoms with E-state index in [9.17, 15) is 4.79 Å². The van der Waals surface area contributed by atoms with Crippen molar-refractivity contribution < 1.29 is 14.3 Å². The third-order valence-corrected chi connectivity index (χ3v) is 5.07. The second-order valence-electron chi connectivity index (χ2n) is 6.85. The minimum absolute atomic E-state index is 0.225. The van der Waals surface area contributed by atoms with Gasteiger partial charge >= 0.3 is 6.03 Å². The molecule has 0 fully saturated rings. The Bertz CT molecular complexity index is 950. The van der Waals surface area contributed by atoms with Crippen LogP contribution in [0.3, 0.4) is 0 Å². The molecule has 5 nitrogen and oxygen atoms in total. The second kappa shape index (κ2) is 11.3. The molecule has 0 spiro atoms. The molecule has 0 unspecified atom stereocenters. The van der Waals surface area contributed by atoms with E-state index >= 15 is 0 Å². The van der Waals surface area contributed by atoms with Crippen molar-refractivity contribution in [1.82, 2.24) is 5.32 Å². The van der Waals surface area contributed by atoms with Crippen molar-refractivity contribution in [2.45, 2.75) is 19.4 Å². The van der Waals surface area contributed by atoms with Crippen LogP contribution in [0.4, 0.5) is 10.5 Å². The molecular formula is C24H25BrN2O3. The predicted octanol–water partition coefficient (Wildman–Crippen LogP) is 5.80. The summed E-state index contributed by atoms with van der Waals surface area (Å²) in [5.41, 5.74) is 1.82. The molecule has 0 saturated carbocycles. The molecule has 0 radical (unpaired) electrons. The highest BCUT2D eigenvalue weighted by Gasteiger charge is 2.15. The highest BCUT2D eigenvalue weighted by Crippen LogP contribution is 2.21. The summed E-state index contributed by atoms with van der Waals surface area (Å²) < 4.78 is 12.5. The Hall–Kier alpha value is -2.99. The summed E-state index contributed by atoms with van der Waals surface area (Å²) in [6.07, 6.45) is 0.601. The number of carbonyl (C=O) groups is 1. The number of nitrogens with one attached hydrogen (secondary N) is 2. The van der Waals surface area contributed by atoms with Gasteiger partial charge in [-0.25, -0.2) is 4.79 Å². The molecule has 0 aliphatic heterocycles. The number of aryl methyl sites for hydroxylation is 1. The van der Waals surface area contributed by atoms with Crippen LogP contribution < -0.4 is 20.1 Å². The zero-order valence-corrected chi connectivity index (χ0v) is 18.4. The van der Waals surface area contributed by atoms with Crippen molar-refractivity contribution in [2.24, 2.45) is 0 Å². The van der Waals surface area contributed by atoms with Gasteiger partial charge in [0.15, 0.2) is 0 Å². The average Bonchev–Trinajstić information content (AvgIpc) is 2.74. The Balaban J connectivity index is 1.58. The van der Waals surface area contributed by atoms with Crippen molar-refractivity contribution in [3.05, 3.63) is 88.9 Å².